The molecule has 1 aromatic carbocycles. The summed E-state index contributed by atoms with van der Waals surface area (Å²) >= 11 is 0. The molecule has 2 N–H and O–H groups in total. The van der Waals surface area contributed by atoms with Crippen LogP contribution in [0.4, 0.5) is 0 Å². The number of methoxy groups -OCH3 is 1. The Bertz CT molecular complexity index is 860. The first kappa shape index (κ1) is 22.4. The average Bonchev–Trinajstić information content (AvgIpc) is 2.65. The summed E-state index contributed by atoms with van der Waals surface area (Å²) in [5.41, 5.74) is -1.16. The van der Waals surface area contributed by atoms with Gasteiger partial charge in [0.2, 0.25) is 10.0 Å². The van der Waals surface area contributed by atoms with E-state index in [0.717, 1.165) is 6.07 Å². The van der Waals surface area contributed by atoms with E-state index in [2.05, 4.69) is 10.0 Å². The van der Waals surface area contributed by atoms with E-state index in [1.54, 1.807) is 20.8 Å². The highest BCUT2D eigenvalue weighted by atomic mass is 32.2. The maximum atomic E-state index is 12.2. The summed E-state index contributed by atoms with van der Waals surface area (Å²) in [4.78, 5) is 23.9. The zero-order valence-corrected chi connectivity index (χ0v) is 16.6. The fourth-order valence-corrected chi connectivity index (χ4v) is 2.88. The molecule has 27 heavy (non-hydrogen) atoms. The quantitative estimate of drug-likeness (QED) is 0.620. The van der Waals surface area contributed by atoms with E-state index < -0.39 is 34.0 Å². The largest absolute Gasteiger partial charge is 0.495 e. The number of esters is 1. The smallest absolute Gasteiger partial charge is 0.338 e. The minimum absolute atomic E-state index is 0.0559. The van der Waals surface area contributed by atoms with Crippen LogP contribution in [0.25, 0.3) is 0 Å². The number of amides is 1. The Morgan fingerprint density at radius 2 is 1.96 bits per heavy atom. The van der Waals surface area contributed by atoms with E-state index in [4.69, 9.17) is 9.47 Å². The van der Waals surface area contributed by atoms with Crippen molar-refractivity contribution >= 4 is 21.9 Å². The molecule has 0 saturated carbocycles. The first-order chi connectivity index (χ1) is 12.5. The fraction of sp³-hybridized carbons (Fsp3) is 0.471. The van der Waals surface area contributed by atoms with Crippen molar-refractivity contribution in [1.29, 1.82) is 5.26 Å². The number of hydrogen-bond donors (Lipinski definition) is 2. The normalized spacial score (nSPS) is 13.4. The van der Waals surface area contributed by atoms with E-state index in [0.29, 0.717) is 0 Å². The standard InChI is InChI=1S/C17H23N3O6S/c1-11(2)17(3,10-18)20-15(21)9-26-16(22)12-6-7-13(25-5)14(8-12)27(23,24)19-4/h6-8,11,19H,9H2,1-5H3,(H,20,21)/t17-/m0/s1. The van der Waals surface area contributed by atoms with Crippen LogP contribution in [-0.2, 0) is 19.6 Å². The van der Waals surface area contributed by atoms with E-state index in [1.807, 2.05) is 6.07 Å². The number of nitrogens with zero attached hydrogens (tertiary/aromatic N) is 1. The summed E-state index contributed by atoms with van der Waals surface area (Å²) in [6.07, 6.45) is 0. The number of carbonyl (C=O) groups is 2. The molecule has 0 bridgehead atoms. The van der Waals surface area contributed by atoms with Gasteiger partial charge in [-0.2, -0.15) is 5.26 Å². The molecule has 1 aromatic rings. The van der Waals surface area contributed by atoms with Gasteiger partial charge in [0.1, 0.15) is 16.2 Å². The van der Waals surface area contributed by atoms with Crippen molar-refractivity contribution in [2.75, 3.05) is 20.8 Å². The van der Waals surface area contributed by atoms with Crippen LogP contribution >= 0.6 is 0 Å². The number of sulfonamides is 1. The maximum Gasteiger partial charge on any atom is 0.338 e. The van der Waals surface area contributed by atoms with Crippen LogP contribution in [0, 0.1) is 17.2 Å². The summed E-state index contributed by atoms with van der Waals surface area (Å²) in [5, 5.41) is 11.7. The van der Waals surface area contributed by atoms with E-state index >= 15 is 0 Å². The summed E-state index contributed by atoms with van der Waals surface area (Å²) in [5.74, 6) is -1.63. The van der Waals surface area contributed by atoms with E-state index in [-0.39, 0.29) is 22.1 Å². The van der Waals surface area contributed by atoms with Crippen LogP contribution in [-0.4, -0.2) is 46.6 Å². The van der Waals surface area contributed by atoms with E-state index in [1.165, 1.54) is 26.3 Å². The van der Waals surface area contributed by atoms with Crippen LogP contribution in [0.3, 0.4) is 0 Å². The SMILES string of the molecule is CNS(=O)(=O)c1cc(C(=O)OCC(=O)N[C@@](C)(C#N)C(C)C)ccc1OC. The Morgan fingerprint density at radius 3 is 2.44 bits per heavy atom. The molecule has 0 radical (unpaired) electrons. The van der Waals surface area contributed by atoms with Crippen LogP contribution in [0.5, 0.6) is 5.75 Å². The Kier molecular flexibility index (Phi) is 7.33. The highest BCUT2D eigenvalue weighted by Gasteiger charge is 2.30. The lowest BCUT2D eigenvalue weighted by molar-refractivity contribution is -0.125. The second-order valence-electron chi connectivity index (χ2n) is 6.17. The molecule has 1 atom stereocenters. The Balaban J connectivity index is 2.92. The van der Waals surface area contributed by atoms with E-state index in [9.17, 15) is 23.3 Å². The van der Waals surface area contributed by atoms with Crippen LogP contribution < -0.4 is 14.8 Å². The molecule has 0 aliphatic rings. The van der Waals surface area contributed by atoms with Crippen molar-refractivity contribution < 1.29 is 27.5 Å². The lowest BCUT2D eigenvalue weighted by Gasteiger charge is -2.27. The van der Waals surface area contributed by atoms with Gasteiger partial charge < -0.3 is 14.8 Å². The Hall–Kier alpha value is -2.64. The zero-order chi connectivity index (χ0) is 20.8. The van der Waals surface area contributed by atoms with Gasteiger partial charge in [0, 0.05) is 0 Å². The highest BCUT2D eigenvalue weighted by molar-refractivity contribution is 7.89. The molecule has 0 fully saturated rings. The van der Waals surface area contributed by atoms with Crippen molar-refractivity contribution in [3.63, 3.8) is 0 Å². The number of ether oxygens (including phenoxy) is 2. The predicted octanol–water partition coefficient (Wildman–Crippen LogP) is 0.815. The Labute approximate surface area is 158 Å². The molecule has 0 saturated heterocycles. The van der Waals surface area contributed by atoms with Crippen LogP contribution in [0.2, 0.25) is 0 Å². The second-order valence-corrected chi connectivity index (χ2v) is 8.02. The molecule has 9 nitrogen and oxygen atoms in total. The fourth-order valence-electron chi connectivity index (χ4n) is 1.97. The lowest BCUT2D eigenvalue weighted by atomic mass is 9.90. The van der Waals surface area contributed by atoms with Gasteiger partial charge in [0.05, 0.1) is 18.7 Å². The number of nitrogens with one attached hydrogen (secondary N) is 2. The van der Waals surface area contributed by atoms with Gasteiger partial charge >= 0.3 is 5.97 Å². The molecule has 0 unspecified atom stereocenters. The van der Waals surface area contributed by atoms with Gasteiger partial charge in [-0.1, -0.05) is 13.8 Å². The molecule has 148 valence electrons. The summed E-state index contributed by atoms with van der Waals surface area (Å²) < 4.78 is 36.1. The first-order valence-corrected chi connectivity index (χ1v) is 9.50. The van der Waals surface area contributed by atoms with Gasteiger partial charge in [-0.05, 0) is 38.1 Å². The number of carbonyl (C=O) groups excluding carboxylic acids is 2. The third-order valence-corrected chi connectivity index (χ3v) is 5.51. The molecule has 0 heterocycles. The molecule has 10 heteroatoms. The number of rotatable bonds is 8. The zero-order valence-electron chi connectivity index (χ0n) is 15.8. The minimum atomic E-state index is -3.86. The van der Waals surface area contributed by atoms with Gasteiger partial charge in [-0.3, -0.25) is 4.79 Å². The highest BCUT2D eigenvalue weighted by Crippen LogP contribution is 2.25. The van der Waals surface area contributed by atoms with Crippen molar-refractivity contribution in [2.45, 2.75) is 31.2 Å². The molecular weight excluding hydrogens is 374 g/mol. The van der Waals surface area contributed by atoms with Crippen molar-refractivity contribution in [3.05, 3.63) is 23.8 Å². The third kappa shape index (κ3) is 5.42. The van der Waals surface area contributed by atoms with Crippen molar-refractivity contribution in [3.8, 4) is 11.8 Å². The van der Waals surface area contributed by atoms with Crippen molar-refractivity contribution in [2.24, 2.45) is 5.92 Å². The summed E-state index contributed by atoms with van der Waals surface area (Å²) in [7, 11) is -1.34. The lowest BCUT2D eigenvalue weighted by Crippen LogP contribution is -2.50. The Morgan fingerprint density at radius 1 is 1.33 bits per heavy atom. The third-order valence-electron chi connectivity index (χ3n) is 4.08. The summed E-state index contributed by atoms with van der Waals surface area (Å²) in [6.45, 7) is 4.51. The molecule has 0 spiro atoms. The monoisotopic (exact) mass is 397 g/mol. The molecule has 1 amide bonds. The molecule has 1 rings (SSSR count). The van der Waals surface area contributed by atoms with Gasteiger partial charge in [-0.15, -0.1) is 0 Å². The minimum Gasteiger partial charge on any atom is -0.495 e. The van der Waals surface area contributed by atoms with Gasteiger partial charge in [-0.25, -0.2) is 17.9 Å². The predicted molar refractivity (Wildman–Crippen MR) is 96.5 cm³/mol. The number of nitriles is 1. The first-order valence-electron chi connectivity index (χ1n) is 8.01. The molecule has 0 aliphatic carbocycles. The summed E-state index contributed by atoms with van der Waals surface area (Å²) in [6, 6.07) is 5.74. The number of hydrogen-bond acceptors (Lipinski definition) is 7. The topological polar surface area (TPSA) is 135 Å². The van der Waals surface area contributed by atoms with Crippen LogP contribution in [0.1, 0.15) is 31.1 Å². The molecule has 0 aliphatic heterocycles. The maximum absolute atomic E-state index is 12.2. The average molecular weight is 397 g/mol. The number of benzene rings is 1. The van der Waals surface area contributed by atoms with Crippen LogP contribution in [0.15, 0.2) is 23.1 Å². The van der Waals surface area contributed by atoms with Gasteiger partial charge in [0.15, 0.2) is 6.61 Å². The molecular formula is C17H23N3O6S. The second kappa shape index (κ2) is 8.83. The van der Waals surface area contributed by atoms with Crippen molar-refractivity contribution in [1.82, 2.24) is 10.0 Å². The van der Waals surface area contributed by atoms with Gasteiger partial charge in [0.25, 0.3) is 5.91 Å². The molecule has 0 aromatic heterocycles.